The second-order valence-electron chi connectivity index (χ2n) is 10.4. The molecule has 0 unspecified atom stereocenters. The summed E-state index contributed by atoms with van der Waals surface area (Å²) in [6.45, 7) is 2.20. The number of hydrogen-bond donors (Lipinski definition) is 0. The Bertz CT molecular complexity index is 2000. The predicted molar refractivity (Wildman–Crippen MR) is 188 cm³/mol. The van der Waals surface area contributed by atoms with Crippen molar-refractivity contribution in [3.63, 3.8) is 0 Å². The van der Waals surface area contributed by atoms with Crippen LogP contribution < -0.4 is 19.3 Å². The molecule has 0 atom stereocenters. The number of aryl methyl sites for hydroxylation is 1. The van der Waals surface area contributed by atoms with E-state index in [0.717, 1.165) is 34.4 Å². The van der Waals surface area contributed by atoms with Crippen molar-refractivity contribution in [1.82, 2.24) is 0 Å². The first-order valence-corrected chi connectivity index (χ1v) is 15.9. The van der Waals surface area contributed by atoms with Crippen LogP contribution in [0.25, 0.3) is 16.8 Å². The summed E-state index contributed by atoms with van der Waals surface area (Å²) in [5.74, 6) is -0.441. The molecule has 1 fully saturated rings. The Morgan fingerprint density at radius 2 is 1.53 bits per heavy atom. The molecule has 0 N–H and O–H groups in total. The van der Waals surface area contributed by atoms with Gasteiger partial charge in [0.05, 0.1) is 22.1 Å². The number of barbiturate groups is 1. The number of methoxy groups -OCH3 is 1. The molecule has 6 rings (SSSR count). The van der Waals surface area contributed by atoms with Crippen LogP contribution in [0.5, 0.6) is 11.5 Å². The fourth-order valence-electron chi connectivity index (χ4n) is 5.21. The molecule has 1 saturated heterocycles. The maximum atomic E-state index is 14.2. The van der Waals surface area contributed by atoms with Gasteiger partial charge in [-0.15, -0.1) is 0 Å². The Morgan fingerprint density at radius 3 is 2.29 bits per heavy atom. The number of urea groups is 1. The molecular formula is C36H26BrIN2O5. The van der Waals surface area contributed by atoms with Crippen molar-refractivity contribution in [2.75, 3.05) is 16.9 Å². The minimum atomic E-state index is -0.743. The van der Waals surface area contributed by atoms with E-state index in [4.69, 9.17) is 9.47 Å². The Balaban J connectivity index is 1.44. The average molecular weight is 773 g/mol. The smallest absolute Gasteiger partial charge is 0.343 e. The summed E-state index contributed by atoms with van der Waals surface area (Å²) in [5, 5.41) is 1.57. The van der Waals surface area contributed by atoms with Crippen molar-refractivity contribution in [3.05, 3.63) is 133 Å². The Hall–Kier alpha value is -4.48. The number of halogens is 2. The van der Waals surface area contributed by atoms with Gasteiger partial charge in [0.15, 0.2) is 11.5 Å². The molecule has 0 spiro atoms. The van der Waals surface area contributed by atoms with Crippen LogP contribution in [-0.2, 0) is 16.2 Å². The molecule has 224 valence electrons. The lowest BCUT2D eigenvalue weighted by Gasteiger charge is -2.34. The molecule has 1 aliphatic rings. The third-order valence-electron chi connectivity index (χ3n) is 7.38. The summed E-state index contributed by atoms with van der Waals surface area (Å²) in [7, 11) is 1.53. The largest absolute Gasteiger partial charge is 0.493 e. The minimum absolute atomic E-state index is 0.162. The molecule has 0 radical (unpaired) electrons. The van der Waals surface area contributed by atoms with Crippen molar-refractivity contribution in [3.8, 4) is 11.5 Å². The van der Waals surface area contributed by atoms with E-state index >= 15 is 0 Å². The number of rotatable bonds is 7. The fraction of sp³-hybridized carbons (Fsp3) is 0.0833. The van der Waals surface area contributed by atoms with Crippen molar-refractivity contribution >= 4 is 84.6 Å². The summed E-state index contributed by atoms with van der Waals surface area (Å²) < 4.78 is 13.5. The molecule has 4 amide bonds. The van der Waals surface area contributed by atoms with Crippen LogP contribution in [0.4, 0.5) is 16.2 Å². The van der Waals surface area contributed by atoms with Gasteiger partial charge in [0.2, 0.25) is 0 Å². The van der Waals surface area contributed by atoms with Crippen molar-refractivity contribution in [2.24, 2.45) is 0 Å². The highest BCUT2D eigenvalue weighted by atomic mass is 127. The van der Waals surface area contributed by atoms with Crippen molar-refractivity contribution < 1.29 is 23.9 Å². The van der Waals surface area contributed by atoms with E-state index in [2.05, 4.69) is 38.5 Å². The van der Waals surface area contributed by atoms with E-state index < -0.39 is 17.8 Å². The van der Waals surface area contributed by atoms with Crippen molar-refractivity contribution in [1.29, 1.82) is 0 Å². The highest BCUT2D eigenvalue weighted by Gasteiger charge is 2.44. The molecule has 0 saturated carbocycles. The summed E-state index contributed by atoms with van der Waals surface area (Å²) in [6, 6.07) is 30.6. The highest BCUT2D eigenvalue weighted by molar-refractivity contribution is 14.1. The summed E-state index contributed by atoms with van der Waals surface area (Å²) >= 11 is 5.59. The number of anilines is 2. The van der Waals surface area contributed by atoms with Crippen molar-refractivity contribution in [2.45, 2.75) is 13.5 Å². The topological polar surface area (TPSA) is 76.2 Å². The van der Waals surface area contributed by atoms with Crippen LogP contribution >= 0.6 is 38.5 Å². The zero-order valence-electron chi connectivity index (χ0n) is 24.3. The minimum Gasteiger partial charge on any atom is -0.493 e. The first-order valence-electron chi connectivity index (χ1n) is 14.0. The molecule has 0 aromatic heterocycles. The molecule has 5 aromatic rings. The highest BCUT2D eigenvalue weighted by Crippen LogP contribution is 2.37. The van der Waals surface area contributed by atoms with Crippen LogP contribution in [0.2, 0.25) is 0 Å². The number of benzene rings is 5. The number of carbonyl (C=O) groups is 3. The molecule has 0 aliphatic carbocycles. The predicted octanol–water partition coefficient (Wildman–Crippen LogP) is 8.69. The van der Waals surface area contributed by atoms with Gasteiger partial charge in [-0.3, -0.25) is 9.59 Å². The van der Waals surface area contributed by atoms with E-state index in [1.165, 1.54) is 13.2 Å². The number of ether oxygens (including phenoxy) is 2. The van der Waals surface area contributed by atoms with E-state index in [1.807, 2.05) is 73.7 Å². The third-order valence-corrected chi connectivity index (χ3v) is 8.71. The molecule has 0 bridgehead atoms. The number of carbonyl (C=O) groups excluding carboxylic acids is 3. The van der Waals surface area contributed by atoms with Gasteiger partial charge in [-0.1, -0.05) is 76.6 Å². The number of hydrogen-bond acceptors (Lipinski definition) is 5. The third kappa shape index (κ3) is 6.10. The quantitative estimate of drug-likeness (QED) is 0.0941. The Morgan fingerprint density at radius 1 is 0.822 bits per heavy atom. The summed E-state index contributed by atoms with van der Waals surface area (Å²) in [4.78, 5) is 44.4. The lowest BCUT2D eigenvalue weighted by molar-refractivity contribution is -0.121. The van der Waals surface area contributed by atoms with Gasteiger partial charge in [0.25, 0.3) is 11.8 Å². The molecule has 7 nitrogen and oxygen atoms in total. The van der Waals surface area contributed by atoms with Crippen LogP contribution in [0, 0.1) is 10.5 Å². The lowest BCUT2D eigenvalue weighted by Crippen LogP contribution is -2.57. The van der Waals surface area contributed by atoms with Gasteiger partial charge >= 0.3 is 6.03 Å². The maximum Gasteiger partial charge on any atom is 0.343 e. The standard InChI is InChI=1S/C36H26BrIN2O5/c1-22-7-5-10-27(17-22)39-34(41)29(35(42)40(36(39)43)31-12-6-9-25-8-3-4-11-28(25)31)18-24-19-30(38)33(32(20-24)44-2)45-21-23-13-15-26(37)16-14-23/h3-20H,21H2,1-2H3. The van der Waals surface area contributed by atoms with Crippen LogP contribution in [0.1, 0.15) is 16.7 Å². The van der Waals surface area contributed by atoms with Gasteiger partial charge in [0.1, 0.15) is 12.2 Å². The monoisotopic (exact) mass is 772 g/mol. The first kappa shape index (κ1) is 30.5. The maximum absolute atomic E-state index is 14.2. The van der Waals surface area contributed by atoms with Gasteiger partial charge in [-0.2, -0.15) is 0 Å². The van der Waals surface area contributed by atoms with Crippen LogP contribution in [-0.4, -0.2) is 25.0 Å². The lowest BCUT2D eigenvalue weighted by atomic mass is 10.0. The van der Waals surface area contributed by atoms with E-state index in [9.17, 15) is 14.4 Å². The van der Waals surface area contributed by atoms with E-state index in [0.29, 0.717) is 40.4 Å². The summed E-state index contributed by atoms with van der Waals surface area (Å²) in [6.07, 6.45) is 1.50. The SMILES string of the molecule is COc1cc(C=C2C(=O)N(c3cccc(C)c3)C(=O)N(c3cccc4ccccc34)C2=O)cc(I)c1OCc1ccc(Br)cc1. The van der Waals surface area contributed by atoms with E-state index in [-0.39, 0.29) is 5.57 Å². The van der Waals surface area contributed by atoms with Crippen LogP contribution in [0.3, 0.4) is 0 Å². The number of nitrogens with zero attached hydrogens (tertiary/aromatic N) is 2. The second kappa shape index (κ2) is 12.9. The zero-order valence-corrected chi connectivity index (χ0v) is 28.0. The molecule has 5 aromatic carbocycles. The molecular weight excluding hydrogens is 747 g/mol. The van der Waals surface area contributed by atoms with E-state index in [1.54, 1.807) is 36.4 Å². The van der Waals surface area contributed by atoms with Crippen LogP contribution in [0.15, 0.2) is 113 Å². The van der Waals surface area contributed by atoms with Gasteiger partial charge < -0.3 is 9.47 Å². The zero-order chi connectivity index (χ0) is 31.7. The second-order valence-corrected chi connectivity index (χ2v) is 12.5. The Kier molecular flexibility index (Phi) is 8.73. The Labute approximate surface area is 282 Å². The number of fused-ring (bicyclic) bond motifs is 1. The average Bonchev–Trinajstić information content (AvgIpc) is 3.03. The van der Waals surface area contributed by atoms with Gasteiger partial charge in [-0.05, 0) is 100 Å². The first-order chi connectivity index (χ1) is 21.7. The van der Waals surface area contributed by atoms with Gasteiger partial charge in [-0.25, -0.2) is 14.6 Å². The normalized spacial score (nSPS) is 14.4. The molecule has 45 heavy (non-hydrogen) atoms. The number of amides is 4. The summed E-state index contributed by atoms with van der Waals surface area (Å²) in [5.41, 5.74) is 2.99. The molecule has 1 heterocycles. The van der Waals surface area contributed by atoms with Gasteiger partial charge in [0, 0.05) is 9.86 Å². The number of imide groups is 2. The fourth-order valence-corrected chi connectivity index (χ4v) is 6.25. The molecule has 9 heteroatoms. The molecule has 1 aliphatic heterocycles.